The zero-order valence-electron chi connectivity index (χ0n) is 23.2. The average molecular weight is 532 g/mol. The van der Waals surface area contributed by atoms with E-state index in [4.69, 9.17) is 4.43 Å². The van der Waals surface area contributed by atoms with Gasteiger partial charge in [-0.25, -0.2) is 9.97 Å². The third-order valence-electron chi connectivity index (χ3n) is 8.58. The van der Waals surface area contributed by atoms with Gasteiger partial charge in [0.1, 0.15) is 17.0 Å². The number of aryl methyl sites for hydroxylation is 1. The summed E-state index contributed by atoms with van der Waals surface area (Å²) in [5, 5.41) is 8.21. The molecule has 0 radical (unpaired) electrons. The molecular formula is C27H45N5O2SSi. The molecule has 1 fully saturated rings. The first kappa shape index (κ1) is 27.5. The molecule has 0 saturated heterocycles. The van der Waals surface area contributed by atoms with E-state index in [2.05, 4.69) is 73.5 Å². The maximum Gasteiger partial charge on any atom is 0.227 e. The number of rotatable bonds is 9. The molecule has 0 aromatic carbocycles. The highest BCUT2D eigenvalue weighted by Crippen LogP contribution is 2.45. The number of aromatic nitrogens is 2. The predicted molar refractivity (Wildman–Crippen MR) is 153 cm³/mol. The molecule has 4 rings (SSSR count). The number of nitrogens with zero attached hydrogens (tertiary/aromatic N) is 3. The lowest BCUT2D eigenvalue weighted by Gasteiger charge is -2.36. The number of carbonyl (C=O) groups excluding carboxylic acids is 1. The molecular weight excluding hydrogens is 486 g/mol. The first-order valence-corrected chi connectivity index (χ1v) is 17.3. The van der Waals surface area contributed by atoms with Crippen LogP contribution in [0, 0.1) is 0 Å². The Morgan fingerprint density at radius 3 is 2.56 bits per heavy atom. The summed E-state index contributed by atoms with van der Waals surface area (Å²) in [6.07, 6.45) is 8.99. The summed E-state index contributed by atoms with van der Waals surface area (Å²) in [6.45, 7) is 12.7. The molecule has 200 valence electrons. The van der Waals surface area contributed by atoms with E-state index < -0.39 is 8.32 Å². The molecule has 1 unspecified atom stereocenters. The summed E-state index contributed by atoms with van der Waals surface area (Å²) in [6, 6.07) is 1.09. The second-order valence-corrected chi connectivity index (χ2v) is 18.2. The number of fused-ring (bicyclic) bond motifs is 3. The van der Waals surface area contributed by atoms with Gasteiger partial charge in [-0.15, -0.1) is 11.3 Å². The van der Waals surface area contributed by atoms with Gasteiger partial charge in [-0.3, -0.25) is 4.79 Å². The van der Waals surface area contributed by atoms with Gasteiger partial charge in [0.2, 0.25) is 5.91 Å². The Bertz CT molecular complexity index is 1060. The van der Waals surface area contributed by atoms with Gasteiger partial charge in [-0.05, 0) is 82.7 Å². The predicted octanol–water partition coefficient (Wildman–Crippen LogP) is 5.53. The van der Waals surface area contributed by atoms with Crippen LogP contribution in [-0.4, -0.2) is 68.4 Å². The van der Waals surface area contributed by atoms with Gasteiger partial charge in [0, 0.05) is 30.1 Å². The molecule has 2 aromatic heterocycles. The van der Waals surface area contributed by atoms with Crippen molar-refractivity contribution in [1.29, 1.82) is 0 Å². The lowest BCUT2D eigenvalue weighted by atomic mass is 9.90. The highest BCUT2D eigenvalue weighted by Gasteiger charge is 2.37. The molecule has 0 aliphatic heterocycles. The normalized spacial score (nSPS) is 22.7. The molecule has 2 aliphatic rings. The van der Waals surface area contributed by atoms with Crippen molar-refractivity contribution in [3.8, 4) is 0 Å². The average Bonchev–Trinajstić information content (AvgIpc) is 3.38. The Morgan fingerprint density at radius 2 is 1.89 bits per heavy atom. The summed E-state index contributed by atoms with van der Waals surface area (Å²) in [7, 11) is 2.60. The van der Waals surface area contributed by atoms with E-state index in [-0.39, 0.29) is 16.9 Å². The first-order chi connectivity index (χ1) is 17.0. The minimum atomic E-state index is -1.75. The van der Waals surface area contributed by atoms with Crippen molar-refractivity contribution in [2.45, 2.75) is 102 Å². The Kier molecular flexibility index (Phi) is 8.44. The maximum absolute atomic E-state index is 13.3. The molecule has 7 nitrogen and oxygen atoms in total. The van der Waals surface area contributed by atoms with E-state index in [0.717, 1.165) is 53.7 Å². The first-order valence-electron chi connectivity index (χ1n) is 13.6. The van der Waals surface area contributed by atoms with Crippen LogP contribution in [0.4, 0.5) is 5.82 Å². The summed E-state index contributed by atoms with van der Waals surface area (Å²) < 4.78 is 6.27. The number of carbonyl (C=O) groups is 1. The number of hydrogen-bond donors (Lipinski definition) is 2. The third kappa shape index (κ3) is 5.95. The van der Waals surface area contributed by atoms with Crippen LogP contribution in [-0.2, 0) is 15.6 Å². The third-order valence-corrected chi connectivity index (χ3v) is 14.3. The monoisotopic (exact) mass is 531 g/mol. The van der Waals surface area contributed by atoms with E-state index in [9.17, 15) is 4.79 Å². The van der Waals surface area contributed by atoms with Crippen LogP contribution in [0.15, 0.2) is 6.33 Å². The zero-order valence-corrected chi connectivity index (χ0v) is 25.1. The fourth-order valence-corrected chi connectivity index (χ4v) is 7.53. The number of anilines is 1. The number of amides is 1. The summed E-state index contributed by atoms with van der Waals surface area (Å²) in [5.74, 6) is 0.918. The molecule has 0 spiro atoms. The van der Waals surface area contributed by atoms with Gasteiger partial charge in [-0.1, -0.05) is 20.8 Å². The molecule has 9 heteroatoms. The van der Waals surface area contributed by atoms with E-state index in [1.807, 2.05) is 0 Å². The van der Waals surface area contributed by atoms with Crippen molar-refractivity contribution in [3.05, 3.63) is 16.8 Å². The molecule has 2 aromatic rings. The minimum Gasteiger partial charge on any atom is -0.417 e. The highest BCUT2D eigenvalue weighted by atomic mass is 32.1. The molecule has 2 N–H and O–H groups in total. The number of nitrogens with one attached hydrogen (secondary N) is 2. The molecule has 1 atom stereocenters. The van der Waals surface area contributed by atoms with Gasteiger partial charge < -0.3 is 20.0 Å². The minimum absolute atomic E-state index is 0.119. The topological polar surface area (TPSA) is 79.4 Å². The van der Waals surface area contributed by atoms with Crippen molar-refractivity contribution in [2.75, 3.05) is 32.6 Å². The molecule has 0 bridgehead atoms. The zero-order chi connectivity index (χ0) is 26.1. The van der Waals surface area contributed by atoms with E-state index in [0.29, 0.717) is 25.2 Å². The van der Waals surface area contributed by atoms with Crippen LogP contribution in [0.2, 0.25) is 18.1 Å². The SMILES string of the molecule is CN(C)C1CCC(Nc2ncnc3sc4c(c23)C(C(=O)NCCCO[Si](C)(C)C(C)(C)C)CC4)CC1. The largest absolute Gasteiger partial charge is 0.417 e. The fraction of sp³-hybridized carbons (Fsp3) is 0.741. The smallest absolute Gasteiger partial charge is 0.227 e. The van der Waals surface area contributed by atoms with Gasteiger partial charge >= 0.3 is 0 Å². The van der Waals surface area contributed by atoms with Crippen molar-refractivity contribution >= 4 is 41.6 Å². The van der Waals surface area contributed by atoms with Gasteiger partial charge in [0.05, 0.1) is 11.3 Å². The molecule has 2 heterocycles. The van der Waals surface area contributed by atoms with Crippen LogP contribution in [0.3, 0.4) is 0 Å². The van der Waals surface area contributed by atoms with Gasteiger partial charge in [-0.2, -0.15) is 0 Å². The van der Waals surface area contributed by atoms with Crippen LogP contribution < -0.4 is 10.6 Å². The lowest BCUT2D eigenvalue weighted by molar-refractivity contribution is -0.122. The van der Waals surface area contributed by atoms with Crippen LogP contribution in [0.5, 0.6) is 0 Å². The second kappa shape index (κ2) is 11.1. The Labute approximate surface area is 221 Å². The quantitative estimate of drug-likeness (QED) is 0.327. The standard InChI is InChI=1S/C27H45N5O2SSi/c1-27(2,3)36(6,7)34-16-8-15-28-25(33)20-13-14-21-22(20)23-24(29-17-30-26(23)35-21)31-18-9-11-19(12-10-18)32(4)5/h17-20H,8-16H2,1-7H3,(H,28,33)(H,29,30,31). The van der Waals surface area contributed by atoms with Gasteiger partial charge in [0.25, 0.3) is 0 Å². The van der Waals surface area contributed by atoms with Crippen LogP contribution in [0.1, 0.15) is 75.7 Å². The Balaban J connectivity index is 1.39. The summed E-state index contributed by atoms with van der Waals surface area (Å²) in [4.78, 5) is 27.1. The second-order valence-electron chi connectivity index (χ2n) is 12.3. The maximum atomic E-state index is 13.3. The molecule has 36 heavy (non-hydrogen) atoms. The van der Waals surface area contributed by atoms with E-state index in [1.54, 1.807) is 17.7 Å². The van der Waals surface area contributed by atoms with Crippen molar-refractivity contribution < 1.29 is 9.22 Å². The Morgan fingerprint density at radius 1 is 1.17 bits per heavy atom. The number of hydrogen-bond acceptors (Lipinski definition) is 7. The van der Waals surface area contributed by atoms with Crippen molar-refractivity contribution in [3.63, 3.8) is 0 Å². The molecule has 1 saturated carbocycles. The van der Waals surface area contributed by atoms with Crippen molar-refractivity contribution in [1.82, 2.24) is 20.2 Å². The summed E-state index contributed by atoms with van der Waals surface area (Å²) >= 11 is 1.73. The van der Waals surface area contributed by atoms with E-state index in [1.165, 1.54) is 17.7 Å². The summed E-state index contributed by atoms with van der Waals surface area (Å²) in [5.41, 5.74) is 1.16. The molecule has 1 amide bonds. The number of thiophene rings is 1. The van der Waals surface area contributed by atoms with Crippen molar-refractivity contribution in [2.24, 2.45) is 0 Å². The van der Waals surface area contributed by atoms with E-state index >= 15 is 0 Å². The van der Waals surface area contributed by atoms with Crippen LogP contribution >= 0.6 is 11.3 Å². The van der Waals surface area contributed by atoms with Gasteiger partial charge in [0.15, 0.2) is 8.32 Å². The lowest BCUT2D eigenvalue weighted by Crippen LogP contribution is -2.41. The van der Waals surface area contributed by atoms with Crippen LogP contribution in [0.25, 0.3) is 10.2 Å². The Hall–Kier alpha value is -1.55. The highest BCUT2D eigenvalue weighted by molar-refractivity contribution is 7.19. The fourth-order valence-electron chi connectivity index (χ4n) is 5.23. The molecule has 2 aliphatic carbocycles.